The van der Waals surface area contributed by atoms with E-state index in [1.165, 1.54) is 73.9 Å². The molecule has 2 aromatic rings. The van der Waals surface area contributed by atoms with Crippen LogP contribution in [0.15, 0.2) is 48.5 Å². The molecule has 1 saturated heterocycles. The van der Waals surface area contributed by atoms with Gasteiger partial charge in [-0.25, -0.2) is 0 Å². The summed E-state index contributed by atoms with van der Waals surface area (Å²) in [5.74, 6) is 4.39. The number of benzene rings is 2. The van der Waals surface area contributed by atoms with Crippen LogP contribution in [0.4, 0.5) is 11.4 Å². The Morgan fingerprint density at radius 2 is 1.40 bits per heavy atom. The Morgan fingerprint density at radius 3 is 2.04 bits per heavy atom. The summed E-state index contributed by atoms with van der Waals surface area (Å²) < 4.78 is 17.5. The van der Waals surface area contributed by atoms with Gasteiger partial charge in [0.25, 0.3) is 0 Å². The number of aliphatic hydroxyl groups is 1. The van der Waals surface area contributed by atoms with E-state index in [1.54, 1.807) is 0 Å². The number of aryl methyl sites for hydroxylation is 2. The van der Waals surface area contributed by atoms with E-state index < -0.39 is 6.10 Å². The van der Waals surface area contributed by atoms with Crippen LogP contribution in [-0.4, -0.2) is 69.0 Å². The summed E-state index contributed by atoms with van der Waals surface area (Å²) in [5, 5.41) is 13.9. The molecule has 280 valence electrons. The number of anilines is 2. The Bertz CT molecular complexity index is 1240. The number of hydrogen-bond acceptors (Lipinski definition) is 6. The van der Waals surface area contributed by atoms with Crippen molar-refractivity contribution >= 4 is 11.4 Å². The van der Waals surface area contributed by atoms with Gasteiger partial charge in [-0.3, -0.25) is 0 Å². The molecule has 0 aromatic heterocycles. The minimum atomic E-state index is -0.420. The predicted molar refractivity (Wildman–Crippen MR) is 208 cm³/mol. The fraction of sp³-hybridized carbons (Fsp3) is 0.727. The number of ether oxygens (including phenoxy) is 3. The number of fused-ring (bicyclic) bond motifs is 2. The fourth-order valence-electron chi connectivity index (χ4n) is 8.76. The van der Waals surface area contributed by atoms with E-state index in [0.29, 0.717) is 43.3 Å². The molecule has 0 bridgehead atoms. The molecule has 8 atom stereocenters. The molecule has 7 rings (SSSR count). The van der Waals surface area contributed by atoms with Crippen molar-refractivity contribution in [3.05, 3.63) is 59.7 Å². The molecule has 2 aromatic carbocycles. The minimum absolute atomic E-state index is 0.312. The van der Waals surface area contributed by atoms with Crippen LogP contribution in [0.3, 0.4) is 0 Å². The molecule has 3 aliphatic heterocycles. The van der Waals surface area contributed by atoms with E-state index in [4.69, 9.17) is 14.2 Å². The largest absolute Gasteiger partial charge is 0.389 e. The lowest BCUT2D eigenvalue weighted by atomic mass is 9.75. The number of nitrogens with one attached hydrogen (secondary N) is 1. The summed E-state index contributed by atoms with van der Waals surface area (Å²) in [6.45, 7) is 19.0. The number of aliphatic hydroxyl groups excluding tert-OH is 1. The van der Waals surface area contributed by atoms with Gasteiger partial charge in [-0.2, -0.15) is 0 Å². The second-order valence-corrected chi connectivity index (χ2v) is 16.9. The molecule has 8 unspecified atom stereocenters. The lowest BCUT2D eigenvalue weighted by Gasteiger charge is -2.38. The monoisotopic (exact) mass is 691 g/mol. The summed E-state index contributed by atoms with van der Waals surface area (Å²) in [7, 11) is 0. The van der Waals surface area contributed by atoms with Gasteiger partial charge in [-0.05, 0) is 110 Å². The molecule has 6 nitrogen and oxygen atoms in total. The first-order valence-electron chi connectivity index (χ1n) is 20.3. The van der Waals surface area contributed by atoms with Gasteiger partial charge in [0, 0.05) is 31.0 Å². The third-order valence-electron chi connectivity index (χ3n) is 11.9. The van der Waals surface area contributed by atoms with Gasteiger partial charge in [0.1, 0.15) is 6.10 Å². The Hall–Kier alpha value is -2.12. The Morgan fingerprint density at radius 1 is 0.800 bits per heavy atom. The molecule has 2 saturated carbocycles. The van der Waals surface area contributed by atoms with Crippen molar-refractivity contribution < 1.29 is 19.3 Å². The molecule has 3 heterocycles. The van der Waals surface area contributed by atoms with Crippen molar-refractivity contribution in [2.45, 2.75) is 130 Å². The highest BCUT2D eigenvalue weighted by molar-refractivity contribution is 5.55. The van der Waals surface area contributed by atoms with E-state index in [0.717, 1.165) is 62.8 Å². The molecular weight excluding hydrogens is 620 g/mol. The van der Waals surface area contributed by atoms with Crippen LogP contribution < -0.4 is 10.2 Å². The van der Waals surface area contributed by atoms with Crippen molar-refractivity contribution in [3.63, 3.8) is 0 Å². The first-order chi connectivity index (χ1) is 24.2. The summed E-state index contributed by atoms with van der Waals surface area (Å²) in [6.07, 6.45) is 13.3. The van der Waals surface area contributed by atoms with Gasteiger partial charge in [-0.1, -0.05) is 90.8 Å². The zero-order chi connectivity index (χ0) is 35.5. The van der Waals surface area contributed by atoms with Crippen LogP contribution in [0.25, 0.3) is 0 Å². The number of epoxide rings is 1. The number of nitrogens with zero attached hydrogens (tertiary/aromatic N) is 1. The van der Waals surface area contributed by atoms with E-state index in [-0.39, 0.29) is 0 Å². The maximum atomic E-state index is 10.6. The third kappa shape index (κ3) is 12.0. The van der Waals surface area contributed by atoms with Crippen LogP contribution in [0.5, 0.6) is 0 Å². The van der Waals surface area contributed by atoms with Crippen molar-refractivity contribution in [2.75, 3.05) is 49.7 Å². The van der Waals surface area contributed by atoms with Gasteiger partial charge in [0.2, 0.25) is 0 Å². The maximum absolute atomic E-state index is 10.6. The Balaban J connectivity index is 0.000000163. The summed E-state index contributed by atoms with van der Waals surface area (Å²) >= 11 is 0. The average molecular weight is 691 g/mol. The van der Waals surface area contributed by atoms with Gasteiger partial charge < -0.3 is 29.5 Å². The quantitative estimate of drug-likeness (QED) is 0.243. The van der Waals surface area contributed by atoms with Crippen LogP contribution in [-0.2, 0) is 27.1 Å². The van der Waals surface area contributed by atoms with Gasteiger partial charge in [0.05, 0.1) is 38.1 Å². The maximum Gasteiger partial charge on any atom is 0.104 e. The topological polar surface area (TPSA) is 66.5 Å². The molecule has 5 aliphatic rings. The number of rotatable bonds is 10. The zero-order valence-electron chi connectivity index (χ0n) is 32.3. The molecule has 2 N–H and O–H groups in total. The van der Waals surface area contributed by atoms with E-state index in [1.807, 2.05) is 0 Å². The summed E-state index contributed by atoms with van der Waals surface area (Å²) in [6, 6.07) is 17.1. The van der Waals surface area contributed by atoms with E-state index >= 15 is 0 Å². The molecule has 2 aliphatic carbocycles. The normalized spacial score (nSPS) is 29.4. The molecule has 0 spiro atoms. The van der Waals surface area contributed by atoms with Crippen LogP contribution in [0.2, 0.25) is 0 Å². The number of para-hydroxylation sites is 2. The highest BCUT2D eigenvalue weighted by Crippen LogP contribution is 2.37. The molecule has 6 heteroatoms. The zero-order valence-corrected chi connectivity index (χ0v) is 32.3. The predicted octanol–water partition coefficient (Wildman–Crippen LogP) is 9.18. The molecule has 0 amide bonds. The van der Waals surface area contributed by atoms with Crippen molar-refractivity contribution in [2.24, 2.45) is 35.5 Å². The highest BCUT2D eigenvalue weighted by atomic mass is 16.6. The van der Waals surface area contributed by atoms with E-state index in [9.17, 15) is 5.11 Å². The second-order valence-electron chi connectivity index (χ2n) is 16.9. The average Bonchev–Trinajstić information content (AvgIpc) is 3.95. The Kier molecular flexibility index (Phi) is 15.4. The van der Waals surface area contributed by atoms with E-state index in [2.05, 4.69) is 100 Å². The Labute approximate surface area is 305 Å². The SMILES string of the molecule is CC1CCC(C(C)C)C(OCC(O)CN2CCCc3ccccc32)C1.CC1CCC(C(C)C)C(OCC2CO2)C1.c1ccc2c(c1)CCCN2. The van der Waals surface area contributed by atoms with Crippen molar-refractivity contribution in [3.8, 4) is 0 Å². The van der Waals surface area contributed by atoms with Crippen LogP contribution >= 0.6 is 0 Å². The van der Waals surface area contributed by atoms with Gasteiger partial charge in [0.15, 0.2) is 0 Å². The minimum Gasteiger partial charge on any atom is -0.389 e. The summed E-state index contributed by atoms with van der Waals surface area (Å²) in [5.41, 5.74) is 5.49. The van der Waals surface area contributed by atoms with Crippen LogP contribution in [0.1, 0.15) is 104 Å². The third-order valence-corrected chi connectivity index (χ3v) is 11.9. The fourth-order valence-corrected chi connectivity index (χ4v) is 8.76. The molecule has 0 radical (unpaired) electrons. The van der Waals surface area contributed by atoms with Crippen molar-refractivity contribution in [1.29, 1.82) is 0 Å². The number of β-amino-alcohol motifs (C(OH)–C–C–N with tert-alkyl or cyclic N) is 1. The van der Waals surface area contributed by atoms with Gasteiger partial charge >= 0.3 is 0 Å². The lowest BCUT2D eigenvalue weighted by molar-refractivity contribution is -0.0672. The lowest BCUT2D eigenvalue weighted by Crippen LogP contribution is -2.41. The molecule has 3 fully saturated rings. The molecular formula is C44H70N2O4. The molecule has 50 heavy (non-hydrogen) atoms. The number of hydrogen-bond donors (Lipinski definition) is 2. The first-order valence-corrected chi connectivity index (χ1v) is 20.3. The van der Waals surface area contributed by atoms with Gasteiger partial charge in [-0.15, -0.1) is 0 Å². The first kappa shape index (κ1) is 39.1. The standard InChI is InChI=1S/C22H35NO2.C13H24O2.C9H11N/c1-16(2)20-11-10-17(3)13-22(20)25-15-19(24)14-23-12-6-8-18-7-4-5-9-21(18)23;1-9(2)12-5-4-10(3)6-13(12)15-8-11-7-14-11;1-2-6-9-8(4-1)5-3-7-10-9/h4-5,7,9,16-17,19-20,22,24H,6,8,10-15H2,1-3H3;9-13H,4-8H2,1-3H3;1-2,4,6,10H,3,5,7H2. The summed E-state index contributed by atoms with van der Waals surface area (Å²) in [4.78, 5) is 2.33. The second kappa shape index (κ2) is 19.6. The van der Waals surface area contributed by atoms with Crippen molar-refractivity contribution in [1.82, 2.24) is 0 Å². The smallest absolute Gasteiger partial charge is 0.104 e. The highest BCUT2D eigenvalue weighted by Gasteiger charge is 2.34. The van der Waals surface area contributed by atoms with Crippen LogP contribution in [0, 0.1) is 35.5 Å².